The first kappa shape index (κ1) is 92.8. The van der Waals surface area contributed by atoms with E-state index in [2.05, 4.69) is 433 Å². The van der Waals surface area contributed by atoms with Gasteiger partial charge >= 0.3 is 0 Å². The van der Waals surface area contributed by atoms with E-state index in [1.807, 2.05) is 99.9 Å². The first-order valence-electron chi connectivity index (χ1n) is 47.4. The molecule has 0 fully saturated rings. The third-order valence-electron chi connectivity index (χ3n) is 25.3. The molecule has 24 aromatic rings. The Labute approximate surface area is 805 Å². The number of rotatable bonds is 9. The van der Waals surface area contributed by atoms with Crippen LogP contribution in [-0.2, 0) is 5.41 Å². The normalized spacial score (nSPS) is 11.6. The number of para-hydroxylation sites is 4. The highest BCUT2D eigenvalue weighted by Crippen LogP contribution is 2.44. The summed E-state index contributed by atoms with van der Waals surface area (Å²) in [4.78, 5) is 4.89. The molecule has 0 bridgehead atoms. The Morgan fingerprint density at radius 1 is 0.216 bits per heavy atom. The number of aromatic nitrogens is 1. The van der Waals surface area contributed by atoms with Crippen LogP contribution < -0.4 is 0 Å². The zero-order valence-corrected chi connectivity index (χ0v) is 83.3. The van der Waals surface area contributed by atoms with Gasteiger partial charge in [0.25, 0.3) is 0 Å². The molecule has 0 unspecified atom stereocenters. The van der Waals surface area contributed by atoms with Gasteiger partial charge in [-0.25, -0.2) is 4.98 Å². The fourth-order valence-electron chi connectivity index (χ4n) is 17.6. The average molecular weight is 1820 g/mol. The highest BCUT2D eigenvalue weighted by atomic mass is 32.1. The third kappa shape index (κ3) is 20.5. The van der Waals surface area contributed by atoms with Gasteiger partial charge in [0.05, 0.1) is 11.4 Å². The number of thiophene rings is 4. The van der Waals surface area contributed by atoms with Crippen LogP contribution in [-0.4, -0.2) is 4.98 Å². The average Bonchev–Trinajstić information content (AvgIpc) is 1.65. The second-order valence-electron chi connectivity index (χ2n) is 38.1. The molecule has 0 spiro atoms. The van der Waals surface area contributed by atoms with E-state index in [-0.39, 0.29) is 5.41 Å². The molecule has 16 aromatic carbocycles. The van der Waals surface area contributed by atoms with E-state index >= 15 is 0 Å². The van der Waals surface area contributed by atoms with Crippen molar-refractivity contribution >= 4 is 192 Å². The molecule has 0 N–H and O–H groups in total. The maximum atomic E-state index is 5.94. The van der Waals surface area contributed by atoms with Gasteiger partial charge in [0.2, 0.25) is 0 Å². The number of furan rings is 3. The Hall–Kier alpha value is -13.1. The van der Waals surface area contributed by atoms with Crippen LogP contribution in [0.1, 0.15) is 204 Å². The van der Waals surface area contributed by atoms with Gasteiger partial charge in [-0.3, -0.25) is 0 Å². The molecule has 0 amide bonds. The molecule has 4 nitrogen and oxygen atoms in total. The highest BCUT2D eigenvalue weighted by Gasteiger charge is 2.21. The smallest absolute Gasteiger partial charge is 0.138 e. The summed E-state index contributed by atoms with van der Waals surface area (Å²) in [6, 6.07) is 131. The zero-order valence-electron chi connectivity index (χ0n) is 80.1. The number of hydrogen-bond acceptors (Lipinski definition) is 8. The Bertz CT molecular complexity index is 7710. The fraction of sp³-hybridized carbons (Fsp3) is 0.198. The first-order chi connectivity index (χ1) is 64.9. The summed E-state index contributed by atoms with van der Waals surface area (Å²) in [6.45, 7) is 38.0. The summed E-state index contributed by atoms with van der Waals surface area (Å²) in [5.41, 5.74) is 21.5. The molecule has 134 heavy (non-hydrogen) atoms. The van der Waals surface area contributed by atoms with E-state index < -0.39 is 0 Å². The Morgan fingerprint density at radius 2 is 0.560 bits per heavy atom. The minimum absolute atomic E-state index is 0.0933. The second-order valence-corrected chi connectivity index (χ2v) is 42.4. The minimum atomic E-state index is 0.0933. The molecule has 0 saturated carbocycles. The van der Waals surface area contributed by atoms with Crippen molar-refractivity contribution in [2.45, 2.75) is 165 Å². The molecule has 0 saturated heterocycles. The largest absolute Gasteiger partial charge is 0.456 e. The third-order valence-corrected chi connectivity index (χ3v) is 29.9. The van der Waals surface area contributed by atoms with E-state index in [0.717, 1.165) is 56.0 Å². The molecule has 0 aliphatic rings. The Balaban J connectivity index is 0.000000107. The lowest BCUT2D eigenvalue weighted by Gasteiger charge is -2.21. The molecular formula is C126H119NO3S4. The SMILES string of the molecule is CC(C)(C)c1cc(-c2ccccc2)nc(-c2ccccc2)c1.CC(C)c1ccc2c(c1)oc1ccccc12.CC(C)c1ccc2c(c1)sc1ccccc12.CC(C)c1ccc2oc3ccccc3c2c1.CC(C)c1ccc2sc3ccccc3c2c1.CC(C)c1cccc2c1oc1ccccc12.CC(C)c1cccc2c1sc1ccccc12.CC(C)c1cccc2sc3ccccc3c12. The monoisotopic (exact) mass is 1820 g/mol. The molecule has 8 heteroatoms. The van der Waals surface area contributed by atoms with Gasteiger partial charge in [-0.2, -0.15) is 0 Å². The standard InChI is InChI=1S/C21H21N.3C15H14O.4C15H14S/c1-21(2,3)18-14-19(16-10-6-4-7-11-16)22-20(15-18)17-12-8-5-9-13-17;1-10(2)11-7-5-8-13-12-6-3-4-9-14(12)16-15(11)13;1-10(2)11-7-8-15-13(9-11)12-5-3-4-6-14(12)16-15;1-10(2)11-7-8-13-12-5-3-4-6-14(12)16-15(13)9-11;1-10(2)11-7-5-8-13-12-6-3-4-9-14(12)16-15(11)13;1-10(2)11-7-5-9-14-15(11)12-6-3-4-8-13(12)16-14;1-10(2)11-7-8-15-13(9-11)12-5-3-4-6-14(12)16-15;1-10(2)11-7-8-13-12-5-3-4-6-14(12)16-15(13)9-11/h4-15H,1-3H3;7*3-10H,1-2H3. The first-order valence-corrected chi connectivity index (χ1v) is 50.6. The fourth-order valence-corrected chi connectivity index (χ4v) is 22.4. The van der Waals surface area contributed by atoms with Gasteiger partial charge in [-0.1, -0.05) is 391 Å². The number of benzene rings is 16. The van der Waals surface area contributed by atoms with Crippen molar-refractivity contribution < 1.29 is 13.3 Å². The van der Waals surface area contributed by atoms with E-state index in [4.69, 9.17) is 18.2 Å². The quantitative estimate of drug-likeness (QED) is 0.145. The lowest BCUT2D eigenvalue weighted by Crippen LogP contribution is -2.12. The summed E-state index contributed by atoms with van der Waals surface area (Å²) in [6.07, 6.45) is 0. The molecule has 8 aromatic heterocycles. The number of pyridine rings is 1. The molecule has 0 radical (unpaired) electrons. The number of fused-ring (bicyclic) bond motifs is 21. The van der Waals surface area contributed by atoms with Gasteiger partial charge in [0.15, 0.2) is 0 Å². The molecule has 24 rings (SSSR count). The van der Waals surface area contributed by atoms with Gasteiger partial charge in [0.1, 0.15) is 33.5 Å². The number of hydrogen-bond donors (Lipinski definition) is 0. The van der Waals surface area contributed by atoms with Gasteiger partial charge in [-0.05, 0) is 188 Å². The van der Waals surface area contributed by atoms with Crippen LogP contribution in [0.5, 0.6) is 0 Å². The van der Waals surface area contributed by atoms with Crippen LogP contribution >= 0.6 is 45.3 Å². The lowest BCUT2D eigenvalue weighted by atomic mass is 9.85. The van der Waals surface area contributed by atoms with E-state index in [9.17, 15) is 0 Å². The molecule has 0 aliphatic heterocycles. The highest BCUT2D eigenvalue weighted by molar-refractivity contribution is 7.27. The van der Waals surface area contributed by atoms with Crippen LogP contribution in [0.25, 0.3) is 169 Å². The predicted molar refractivity (Wildman–Crippen MR) is 591 cm³/mol. The summed E-state index contributed by atoms with van der Waals surface area (Å²) >= 11 is 7.59. The van der Waals surface area contributed by atoms with E-state index in [1.165, 1.54) is 158 Å². The maximum absolute atomic E-state index is 5.94. The van der Waals surface area contributed by atoms with Crippen molar-refractivity contribution in [2.75, 3.05) is 0 Å². The molecule has 0 atom stereocenters. The van der Waals surface area contributed by atoms with E-state index in [0.29, 0.717) is 41.4 Å². The van der Waals surface area contributed by atoms with Crippen LogP contribution in [0.15, 0.2) is 383 Å². The summed E-state index contributed by atoms with van der Waals surface area (Å²) in [7, 11) is 0. The van der Waals surface area contributed by atoms with Crippen LogP contribution in [0, 0.1) is 0 Å². The van der Waals surface area contributed by atoms with Crippen molar-refractivity contribution in [1.29, 1.82) is 0 Å². The summed E-state index contributed by atoms with van der Waals surface area (Å²) < 4.78 is 28.8. The molecular weight excluding hydrogens is 1700 g/mol. The van der Waals surface area contributed by atoms with Crippen molar-refractivity contribution in [2.24, 2.45) is 0 Å². The second kappa shape index (κ2) is 41.2. The van der Waals surface area contributed by atoms with Crippen molar-refractivity contribution in [3.8, 4) is 22.5 Å². The lowest BCUT2D eigenvalue weighted by molar-refractivity contribution is 0.590. The predicted octanol–water partition coefficient (Wildman–Crippen LogP) is 40.6. The minimum Gasteiger partial charge on any atom is -0.456 e. The molecule has 8 heterocycles. The van der Waals surface area contributed by atoms with Crippen LogP contribution in [0.3, 0.4) is 0 Å². The van der Waals surface area contributed by atoms with Gasteiger partial charge in [-0.15, -0.1) is 45.3 Å². The topological polar surface area (TPSA) is 52.3 Å². The summed E-state index contributed by atoms with van der Waals surface area (Å²) in [5, 5.41) is 18.5. The van der Waals surface area contributed by atoms with Crippen molar-refractivity contribution in [1.82, 2.24) is 4.98 Å². The van der Waals surface area contributed by atoms with Crippen molar-refractivity contribution in [3.05, 3.63) is 415 Å². The van der Waals surface area contributed by atoms with Crippen LogP contribution in [0.2, 0.25) is 0 Å². The number of nitrogens with zero attached hydrogens (tertiary/aromatic N) is 1. The summed E-state index contributed by atoms with van der Waals surface area (Å²) in [5.74, 6) is 3.97. The maximum Gasteiger partial charge on any atom is 0.138 e. The Kier molecular flexibility index (Phi) is 28.5. The van der Waals surface area contributed by atoms with Crippen LogP contribution in [0.4, 0.5) is 0 Å². The van der Waals surface area contributed by atoms with Crippen molar-refractivity contribution in [3.63, 3.8) is 0 Å². The Morgan fingerprint density at radius 3 is 1.11 bits per heavy atom. The van der Waals surface area contributed by atoms with E-state index in [1.54, 1.807) is 0 Å². The van der Waals surface area contributed by atoms with Gasteiger partial charge < -0.3 is 13.3 Å². The van der Waals surface area contributed by atoms with Gasteiger partial charge in [0, 0.05) is 124 Å². The molecule has 0 aliphatic carbocycles. The zero-order chi connectivity index (χ0) is 93.4. The molecule has 670 valence electrons.